The third-order valence-electron chi connectivity index (χ3n) is 8.01. The number of nitrogen functional groups attached to an aromatic ring is 1. The number of nitrogens with two attached hydrogens (primary N) is 1. The lowest BCUT2D eigenvalue weighted by Gasteiger charge is -2.25. The average molecular weight is 506 g/mol. The van der Waals surface area contributed by atoms with Gasteiger partial charge in [-0.3, -0.25) is 4.98 Å². The van der Waals surface area contributed by atoms with Crippen LogP contribution in [0, 0.1) is 28.9 Å². The third-order valence-corrected chi connectivity index (χ3v) is 9.04. The number of rotatable bonds is 3. The summed E-state index contributed by atoms with van der Waals surface area (Å²) in [5.74, 6) is -0.160. The Hall–Kier alpha value is -3.46. The van der Waals surface area contributed by atoms with Gasteiger partial charge in [-0.05, 0) is 37.6 Å². The SMILES string of the molecule is CN(C)[C@@]12C[C@@H]1CN(c1ncc3c4c(c(-c5ncc(F)c6sc(N)c(C#N)c56)c(F)c3n1)COC4)C2. The fourth-order valence-electron chi connectivity index (χ4n) is 5.99. The van der Waals surface area contributed by atoms with Gasteiger partial charge in [-0.15, -0.1) is 11.3 Å². The van der Waals surface area contributed by atoms with Crippen molar-refractivity contribution >= 4 is 43.3 Å². The van der Waals surface area contributed by atoms with Gasteiger partial charge in [0.25, 0.3) is 0 Å². The van der Waals surface area contributed by atoms with Crippen molar-refractivity contribution in [1.29, 1.82) is 5.26 Å². The van der Waals surface area contributed by atoms with Crippen LogP contribution in [0.1, 0.15) is 23.1 Å². The lowest BCUT2D eigenvalue weighted by Crippen LogP contribution is -2.38. The first kappa shape index (κ1) is 21.8. The number of benzene rings is 1. The van der Waals surface area contributed by atoms with Gasteiger partial charge >= 0.3 is 0 Å². The number of nitrogens with zero attached hydrogens (tertiary/aromatic N) is 6. The van der Waals surface area contributed by atoms with Gasteiger partial charge in [-0.2, -0.15) is 5.26 Å². The van der Waals surface area contributed by atoms with Crippen LogP contribution in [0.15, 0.2) is 12.4 Å². The second-order valence-electron chi connectivity index (χ2n) is 9.96. The first-order chi connectivity index (χ1) is 17.3. The molecule has 2 fully saturated rings. The Bertz CT molecular complexity index is 1660. The molecule has 2 aliphatic heterocycles. The molecule has 4 aromatic rings. The predicted octanol–water partition coefficient (Wildman–Crippen LogP) is 3.81. The van der Waals surface area contributed by atoms with Gasteiger partial charge in [0.05, 0.1) is 35.4 Å². The summed E-state index contributed by atoms with van der Waals surface area (Å²) in [5.41, 5.74) is 8.14. The van der Waals surface area contributed by atoms with E-state index >= 15 is 4.39 Å². The topological polar surface area (TPSA) is 104 Å². The van der Waals surface area contributed by atoms with Crippen molar-refractivity contribution in [2.45, 2.75) is 25.2 Å². The van der Waals surface area contributed by atoms with Gasteiger partial charge in [0.1, 0.15) is 16.6 Å². The van der Waals surface area contributed by atoms with Gasteiger partial charge in [0.2, 0.25) is 5.95 Å². The summed E-state index contributed by atoms with van der Waals surface area (Å²) in [6, 6.07) is 2.04. The van der Waals surface area contributed by atoms with Gasteiger partial charge in [-0.25, -0.2) is 18.7 Å². The first-order valence-electron chi connectivity index (χ1n) is 11.6. The smallest absolute Gasteiger partial charge is 0.226 e. The van der Waals surface area contributed by atoms with Gasteiger partial charge < -0.3 is 20.3 Å². The molecule has 11 heteroatoms. The lowest BCUT2D eigenvalue weighted by atomic mass is 9.94. The van der Waals surface area contributed by atoms with E-state index in [1.807, 2.05) is 6.07 Å². The average Bonchev–Trinajstić information content (AvgIpc) is 3.21. The lowest BCUT2D eigenvalue weighted by molar-refractivity contribution is 0.135. The van der Waals surface area contributed by atoms with Crippen LogP contribution >= 0.6 is 11.3 Å². The van der Waals surface area contributed by atoms with Crippen molar-refractivity contribution in [3.63, 3.8) is 0 Å². The van der Waals surface area contributed by atoms with E-state index in [4.69, 9.17) is 10.5 Å². The standard InChI is InChI=1S/C25H21F2N7OS/c1-33(2)25-3-11(25)7-34(10-25)24-31-5-13-14-8-35-9-15(14)17(19(27)20(13)32-24)21-18-12(4-28)23(29)36-22(18)16(26)6-30-21/h5-6,11H,3,7-10,29H2,1-2H3/t11-,25-/m1/s1. The first-order valence-corrected chi connectivity index (χ1v) is 12.4. The van der Waals surface area contributed by atoms with E-state index in [0.717, 1.165) is 42.6 Å². The highest BCUT2D eigenvalue weighted by Gasteiger charge is 2.61. The van der Waals surface area contributed by atoms with Crippen molar-refractivity contribution in [3.8, 4) is 17.3 Å². The van der Waals surface area contributed by atoms with E-state index in [-0.39, 0.29) is 56.2 Å². The molecule has 1 aromatic carbocycles. The number of aromatic nitrogens is 3. The Morgan fingerprint density at radius 2 is 2.06 bits per heavy atom. The molecule has 182 valence electrons. The minimum Gasteiger partial charge on any atom is -0.389 e. The molecule has 36 heavy (non-hydrogen) atoms. The number of ether oxygens (including phenoxy) is 1. The van der Waals surface area contributed by atoms with Crippen LogP contribution in [0.2, 0.25) is 0 Å². The minimum atomic E-state index is -0.604. The molecule has 8 nitrogen and oxygen atoms in total. The molecule has 3 aromatic heterocycles. The predicted molar refractivity (Wildman–Crippen MR) is 132 cm³/mol. The van der Waals surface area contributed by atoms with Crippen molar-refractivity contribution < 1.29 is 13.5 Å². The summed E-state index contributed by atoms with van der Waals surface area (Å²) in [6.07, 6.45) is 3.86. The zero-order valence-corrected chi connectivity index (χ0v) is 20.4. The quantitative estimate of drug-likeness (QED) is 0.448. The number of hydrogen-bond donors (Lipinski definition) is 1. The van der Waals surface area contributed by atoms with Crippen LogP contribution in [0.3, 0.4) is 0 Å². The Kier molecular flexibility index (Phi) is 4.41. The van der Waals surface area contributed by atoms with Crippen molar-refractivity contribution in [2.24, 2.45) is 5.92 Å². The molecule has 0 spiro atoms. The van der Waals surface area contributed by atoms with E-state index < -0.39 is 11.6 Å². The molecule has 0 unspecified atom stereocenters. The van der Waals surface area contributed by atoms with Gasteiger partial charge in [-0.1, -0.05) is 0 Å². The number of fused-ring (bicyclic) bond motifs is 5. The minimum absolute atomic E-state index is 0.0952. The monoisotopic (exact) mass is 505 g/mol. The van der Waals surface area contributed by atoms with E-state index in [9.17, 15) is 9.65 Å². The number of thiophene rings is 1. The zero-order chi connectivity index (χ0) is 24.9. The Morgan fingerprint density at radius 3 is 2.81 bits per heavy atom. The van der Waals surface area contributed by atoms with E-state index in [1.54, 1.807) is 6.20 Å². The molecule has 0 radical (unpaired) electrons. The molecule has 1 saturated heterocycles. The normalized spacial score (nSPS) is 22.4. The maximum absolute atomic E-state index is 16.4. The molecule has 2 atom stereocenters. The fourth-order valence-corrected chi connectivity index (χ4v) is 6.91. The van der Waals surface area contributed by atoms with E-state index in [0.29, 0.717) is 22.8 Å². The maximum Gasteiger partial charge on any atom is 0.226 e. The fraction of sp³-hybridized carbons (Fsp3) is 0.360. The summed E-state index contributed by atoms with van der Waals surface area (Å²) < 4.78 is 36.9. The molecule has 1 saturated carbocycles. The highest BCUT2D eigenvalue weighted by molar-refractivity contribution is 7.23. The number of nitriles is 1. The van der Waals surface area contributed by atoms with Crippen LogP contribution in [0.25, 0.3) is 32.2 Å². The highest BCUT2D eigenvalue weighted by atomic mass is 32.1. The second kappa shape index (κ2) is 7.29. The highest BCUT2D eigenvalue weighted by Crippen LogP contribution is 2.53. The summed E-state index contributed by atoms with van der Waals surface area (Å²) in [4.78, 5) is 17.9. The van der Waals surface area contributed by atoms with Crippen molar-refractivity contribution in [1.82, 2.24) is 19.9 Å². The molecular formula is C25H21F2N7OS. The summed E-state index contributed by atoms with van der Waals surface area (Å²) in [6.45, 7) is 2.06. The zero-order valence-electron chi connectivity index (χ0n) is 19.6. The molecule has 0 amide bonds. The number of likely N-dealkylation sites (N-methyl/N-ethyl adjacent to an activating group) is 1. The largest absolute Gasteiger partial charge is 0.389 e. The number of halogens is 2. The molecular weight excluding hydrogens is 484 g/mol. The second-order valence-corrected chi connectivity index (χ2v) is 11.0. The van der Waals surface area contributed by atoms with Gasteiger partial charge in [0, 0.05) is 41.2 Å². The molecule has 7 rings (SSSR count). The van der Waals surface area contributed by atoms with Crippen LogP contribution in [0.4, 0.5) is 19.7 Å². The Labute approximate surface area is 208 Å². The molecule has 1 aliphatic carbocycles. The molecule has 0 bridgehead atoms. The van der Waals surface area contributed by atoms with Crippen LogP contribution in [-0.2, 0) is 18.0 Å². The maximum atomic E-state index is 16.4. The summed E-state index contributed by atoms with van der Waals surface area (Å²) >= 11 is 0.957. The molecule has 2 N–H and O–H groups in total. The van der Waals surface area contributed by atoms with Crippen LogP contribution in [-0.4, -0.2) is 52.6 Å². The van der Waals surface area contributed by atoms with Crippen molar-refractivity contribution in [3.05, 3.63) is 40.7 Å². The summed E-state index contributed by atoms with van der Waals surface area (Å²) in [5, 5.41) is 10.7. The van der Waals surface area contributed by atoms with E-state index in [2.05, 4.69) is 38.8 Å². The van der Waals surface area contributed by atoms with Crippen molar-refractivity contribution in [2.75, 3.05) is 37.8 Å². The summed E-state index contributed by atoms with van der Waals surface area (Å²) in [7, 11) is 4.17. The number of anilines is 2. The third kappa shape index (κ3) is 2.74. The Morgan fingerprint density at radius 1 is 1.25 bits per heavy atom. The number of hydrogen-bond acceptors (Lipinski definition) is 9. The van der Waals surface area contributed by atoms with Gasteiger partial charge in [0.15, 0.2) is 11.6 Å². The van der Waals surface area contributed by atoms with E-state index in [1.165, 1.54) is 0 Å². The number of piperidine rings is 1. The molecule has 5 heterocycles. The number of pyridine rings is 1. The van der Waals surface area contributed by atoms with Crippen LogP contribution < -0.4 is 10.6 Å². The molecule has 3 aliphatic rings. The Balaban J connectivity index is 1.45. The van der Waals surface area contributed by atoms with Crippen LogP contribution in [0.5, 0.6) is 0 Å².